The van der Waals surface area contributed by atoms with Gasteiger partial charge in [0.2, 0.25) is 0 Å². The first kappa shape index (κ1) is 41.0. The predicted molar refractivity (Wildman–Crippen MR) is 170 cm³/mol. The molecular formula is C33H65O8P. The number of esters is 2. The fourth-order valence-corrected chi connectivity index (χ4v) is 5.33. The zero-order valence-electron chi connectivity index (χ0n) is 27.3. The summed E-state index contributed by atoms with van der Waals surface area (Å²) in [5.41, 5.74) is 0. The summed E-state index contributed by atoms with van der Waals surface area (Å²) in [5, 5.41) is 0. The van der Waals surface area contributed by atoms with Gasteiger partial charge in [0.15, 0.2) is 6.10 Å². The molecule has 9 heteroatoms. The van der Waals surface area contributed by atoms with E-state index >= 15 is 0 Å². The summed E-state index contributed by atoms with van der Waals surface area (Å²) in [7, 11) is -4.73. The van der Waals surface area contributed by atoms with Crippen LogP contribution in [0.5, 0.6) is 0 Å². The van der Waals surface area contributed by atoms with Gasteiger partial charge in [-0.3, -0.25) is 14.1 Å². The average molecular weight is 621 g/mol. The number of carbonyl (C=O) groups excluding carboxylic acids is 2. The van der Waals surface area contributed by atoms with E-state index in [9.17, 15) is 14.2 Å². The van der Waals surface area contributed by atoms with Crippen LogP contribution >= 0.6 is 7.82 Å². The number of phosphoric acid groups is 1. The molecule has 0 saturated heterocycles. The molecule has 0 aliphatic carbocycles. The van der Waals surface area contributed by atoms with Crippen molar-refractivity contribution in [3.05, 3.63) is 0 Å². The molecule has 0 aromatic carbocycles. The number of rotatable bonds is 31. The molecule has 250 valence electrons. The van der Waals surface area contributed by atoms with Crippen molar-refractivity contribution >= 4 is 19.8 Å². The van der Waals surface area contributed by atoms with E-state index in [1.54, 1.807) is 0 Å². The van der Waals surface area contributed by atoms with Gasteiger partial charge in [-0.1, -0.05) is 149 Å². The summed E-state index contributed by atoms with van der Waals surface area (Å²) in [4.78, 5) is 42.3. The molecule has 42 heavy (non-hydrogen) atoms. The number of phosphoric ester groups is 1. The second-order valence-electron chi connectivity index (χ2n) is 12.3. The Morgan fingerprint density at radius 1 is 0.595 bits per heavy atom. The first-order valence-corrected chi connectivity index (χ1v) is 18.7. The zero-order chi connectivity index (χ0) is 31.3. The van der Waals surface area contributed by atoms with Gasteiger partial charge >= 0.3 is 19.8 Å². The summed E-state index contributed by atoms with van der Waals surface area (Å²) >= 11 is 0. The van der Waals surface area contributed by atoms with Crippen LogP contribution in [0.15, 0.2) is 0 Å². The highest BCUT2D eigenvalue weighted by molar-refractivity contribution is 7.46. The largest absolute Gasteiger partial charge is 0.469 e. The number of hydrogen-bond acceptors (Lipinski definition) is 6. The Kier molecular flexibility index (Phi) is 28.1. The molecule has 0 heterocycles. The molecule has 0 amide bonds. The van der Waals surface area contributed by atoms with Gasteiger partial charge in [0, 0.05) is 12.8 Å². The van der Waals surface area contributed by atoms with Crippen molar-refractivity contribution in [1.82, 2.24) is 0 Å². The SMILES string of the molecule is CCCCCCCCCC(=O)O[C@H](COC(=O)CCCCCCCCCCCCCCCCC(C)C)COP(=O)(O)O. The topological polar surface area (TPSA) is 119 Å². The Hall–Kier alpha value is -0.950. The molecule has 0 rings (SSSR count). The summed E-state index contributed by atoms with van der Waals surface area (Å²) in [6.07, 6.45) is 25.7. The molecular weight excluding hydrogens is 555 g/mol. The van der Waals surface area contributed by atoms with Crippen LogP contribution in [0.2, 0.25) is 0 Å². The van der Waals surface area contributed by atoms with Crippen LogP contribution in [-0.4, -0.2) is 41.0 Å². The van der Waals surface area contributed by atoms with Gasteiger partial charge in [-0.05, 0) is 18.8 Å². The fraction of sp³-hybridized carbons (Fsp3) is 0.939. The van der Waals surface area contributed by atoms with Crippen molar-refractivity contribution in [3.63, 3.8) is 0 Å². The van der Waals surface area contributed by atoms with Crippen LogP contribution in [0.25, 0.3) is 0 Å². The molecule has 0 radical (unpaired) electrons. The fourth-order valence-electron chi connectivity index (χ4n) is 4.97. The predicted octanol–water partition coefficient (Wildman–Crippen LogP) is 9.59. The molecule has 1 atom stereocenters. The van der Waals surface area contributed by atoms with Crippen molar-refractivity contribution in [1.29, 1.82) is 0 Å². The Labute approximate surface area is 257 Å². The third kappa shape index (κ3) is 32.0. The summed E-state index contributed by atoms with van der Waals surface area (Å²) in [5.74, 6) is -0.0497. The van der Waals surface area contributed by atoms with Gasteiger partial charge in [0.05, 0.1) is 6.61 Å². The van der Waals surface area contributed by atoms with Crippen LogP contribution in [0.4, 0.5) is 0 Å². The minimum absolute atomic E-state index is 0.215. The van der Waals surface area contributed by atoms with Crippen molar-refractivity contribution in [2.24, 2.45) is 5.92 Å². The molecule has 0 fully saturated rings. The van der Waals surface area contributed by atoms with E-state index in [0.29, 0.717) is 6.42 Å². The van der Waals surface area contributed by atoms with Crippen molar-refractivity contribution in [3.8, 4) is 0 Å². The first-order chi connectivity index (χ1) is 20.1. The maximum absolute atomic E-state index is 12.2. The van der Waals surface area contributed by atoms with Crippen LogP contribution in [0.3, 0.4) is 0 Å². The molecule has 8 nitrogen and oxygen atoms in total. The summed E-state index contributed by atoms with van der Waals surface area (Å²) in [6.45, 7) is 5.96. The minimum Gasteiger partial charge on any atom is -0.462 e. The van der Waals surface area contributed by atoms with Gasteiger partial charge in [0.25, 0.3) is 0 Å². The smallest absolute Gasteiger partial charge is 0.462 e. The molecule has 0 spiro atoms. The van der Waals surface area contributed by atoms with E-state index in [1.807, 2.05) is 0 Å². The Morgan fingerprint density at radius 2 is 1.00 bits per heavy atom. The van der Waals surface area contributed by atoms with Gasteiger partial charge in [-0.25, -0.2) is 4.57 Å². The Bertz CT molecular complexity index is 679. The van der Waals surface area contributed by atoms with E-state index in [4.69, 9.17) is 19.3 Å². The van der Waals surface area contributed by atoms with Gasteiger partial charge in [0.1, 0.15) is 6.61 Å². The molecule has 0 saturated carbocycles. The first-order valence-electron chi connectivity index (χ1n) is 17.2. The highest BCUT2D eigenvalue weighted by atomic mass is 31.2. The van der Waals surface area contributed by atoms with E-state index in [2.05, 4.69) is 25.3 Å². The quantitative estimate of drug-likeness (QED) is 0.0447. The van der Waals surface area contributed by atoms with Crippen molar-refractivity contribution in [2.75, 3.05) is 13.2 Å². The normalized spacial score (nSPS) is 12.5. The lowest BCUT2D eigenvalue weighted by atomic mass is 10.0. The molecule has 0 aromatic rings. The van der Waals surface area contributed by atoms with Gasteiger partial charge < -0.3 is 19.3 Å². The minimum atomic E-state index is -4.73. The Balaban J connectivity index is 3.86. The van der Waals surface area contributed by atoms with Gasteiger partial charge in [-0.15, -0.1) is 0 Å². The van der Waals surface area contributed by atoms with E-state index in [0.717, 1.165) is 44.4 Å². The summed E-state index contributed by atoms with van der Waals surface area (Å²) < 4.78 is 26.1. The summed E-state index contributed by atoms with van der Waals surface area (Å²) in [6, 6.07) is 0. The number of carbonyl (C=O) groups is 2. The maximum Gasteiger partial charge on any atom is 0.469 e. The van der Waals surface area contributed by atoms with Crippen molar-refractivity contribution in [2.45, 2.75) is 181 Å². The molecule has 0 aliphatic heterocycles. The molecule has 0 unspecified atom stereocenters. The maximum atomic E-state index is 12.2. The van der Waals surface area contributed by atoms with Crippen LogP contribution in [0.1, 0.15) is 175 Å². The van der Waals surface area contributed by atoms with Crippen molar-refractivity contribution < 1.29 is 37.9 Å². The molecule has 0 bridgehead atoms. The number of hydrogen-bond donors (Lipinski definition) is 2. The molecule has 0 aromatic heterocycles. The van der Waals surface area contributed by atoms with E-state index in [-0.39, 0.29) is 19.4 Å². The average Bonchev–Trinajstić information content (AvgIpc) is 2.93. The second kappa shape index (κ2) is 28.8. The second-order valence-corrected chi connectivity index (χ2v) is 13.6. The number of ether oxygens (including phenoxy) is 2. The zero-order valence-corrected chi connectivity index (χ0v) is 28.2. The monoisotopic (exact) mass is 620 g/mol. The lowest BCUT2D eigenvalue weighted by Gasteiger charge is -2.18. The standard InChI is InChI=1S/C33H65O8P/c1-4-5-6-7-16-21-24-27-33(35)41-31(29-40-42(36,37)38)28-39-32(34)26-23-20-18-15-13-11-9-8-10-12-14-17-19-22-25-30(2)3/h30-31H,4-29H2,1-3H3,(H2,36,37,38)/t31-/m1/s1. The highest BCUT2D eigenvalue weighted by Crippen LogP contribution is 2.36. The van der Waals surface area contributed by atoms with Crippen LogP contribution < -0.4 is 0 Å². The highest BCUT2D eigenvalue weighted by Gasteiger charge is 2.22. The third-order valence-electron chi connectivity index (χ3n) is 7.55. The van der Waals surface area contributed by atoms with Crippen LogP contribution in [-0.2, 0) is 28.2 Å². The third-order valence-corrected chi connectivity index (χ3v) is 8.04. The molecule has 2 N–H and O–H groups in total. The number of unbranched alkanes of at least 4 members (excludes halogenated alkanes) is 19. The lowest BCUT2D eigenvalue weighted by Crippen LogP contribution is -2.29. The van der Waals surface area contributed by atoms with Gasteiger partial charge in [-0.2, -0.15) is 0 Å². The Morgan fingerprint density at radius 3 is 1.43 bits per heavy atom. The molecule has 0 aliphatic rings. The van der Waals surface area contributed by atoms with Crippen LogP contribution in [0, 0.1) is 5.92 Å². The lowest BCUT2D eigenvalue weighted by molar-refractivity contribution is -0.161. The van der Waals surface area contributed by atoms with E-state index in [1.165, 1.54) is 96.3 Å². The van der Waals surface area contributed by atoms with E-state index < -0.39 is 32.5 Å².